The SMILES string of the molecule is Cc1cc(C)cc(CNc2cccc(Cl)c2Br)c1. The Kier molecular flexibility index (Phi) is 4.31. The second-order valence-corrected chi connectivity index (χ2v) is 5.65. The first-order valence-electron chi connectivity index (χ1n) is 5.81. The van der Waals surface area contributed by atoms with E-state index in [1.165, 1.54) is 16.7 Å². The highest BCUT2D eigenvalue weighted by atomic mass is 79.9. The van der Waals surface area contributed by atoms with Crippen molar-refractivity contribution in [3.05, 3.63) is 62.6 Å². The van der Waals surface area contributed by atoms with Gasteiger partial charge in [0.15, 0.2) is 0 Å². The summed E-state index contributed by atoms with van der Waals surface area (Å²) in [5, 5.41) is 4.12. The topological polar surface area (TPSA) is 12.0 Å². The molecule has 3 heteroatoms. The van der Waals surface area contributed by atoms with Crippen LogP contribution in [0.2, 0.25) is 5.02 Å². The molecule has 1 nitrogen and oxygen atoms in total. The van der Waals surface area contributed by atoms with Gasteiger partial charge in [-0.25, -0.2) is 0 Å². The molecule has 0 saturated carbocycles. The van der Waals surface area contributed by atoms with Crippen LogP contribution in [0.15, 0.2) is 40.9 Å². The van der Waals surface area contributed by atoms with Crippen LogP contribution in [0.4, 0.5) is 5.69 Å². The van der Waals surface area contributed by atoms with Crippen molar-refractivity contribution in [2.75, 3.05) is 5.32 Å². The lowest BCUT2D eigenvalue weighted by Gasteiger charge is -2.10. The number of benzene rings is 2. The standard InChI is InChI=1S/C15H15BrClN/c1-10-6-11(2)8-12(7-10)9-18-14-5-3-4-13(17)15(14)16/h3-8,18H,9H2,1-2H3. The number of halogens is 2. The number of hydrogen-bond acceptors (Lipinski definition) is 1. The summed E-state index contributed by atoms with van der Waals surface area (Å²) in [6.07, 6.45) is 0. The van der Waals surface area contributed by atoms with Crippen molar-refractivity contribution in [3.63, 3.8) is 0 Å². The molecule has 0 saturated heterocycles. The number of nitrogens with one attached hydrogen (secondary N) is 1. The lowest BCUT2D eigenvalue weighted by Crippen LogP contribution is -2.01. The van der Waals surface area contributed by atoms with Gasteiger partial charge in [0, 0.05) is 6.54 Å². The minimum absolute atomic E-state index is 0.723. The van der Waals surface area contributed by atoms with Gasteiger partial charge in [0.25, 0.3) is 0 Å². The maximum absolute atomic E-state index is 6.06. The van der Waals surface area contributed by atoms with Gasteiger partial charge in [-0.2, -0.15) is 0 Å². The lowest BCUT2D eigenvalue weighted by molar-refractivity contribution is 1.13. The molecule has 18 heavy (non-hydrogen) atoms. The molecule has 0 aromatic heterocycles. The summed E-state index contributed by atoms with van der Waals surface area (Å²) in [5.41, 5.74) is 4.87. The average molecular weight is 325 g/mol. The Morgan fingerprint density at radius 2 is 1.78 bits per heavy atom. The minimum Gasteiger partial charge on any atom is -0.380 e. The zero-order valence-electron chi connectivity index (χ0n) is 10.4. The zero-order valence-corrected chi connectivity index (χ0v) is 12.8. The van der Waals surface area contributed by atoms with Crippen LogP contribution in [-0.4, -0.2) is 0 Å². The summed E-state index contributed by atoms with van der Waals surface area (Å²) < 4.78 is 0.913. The summed E-state index contributed by atoms with van der Waals surface area (Å²) in [6.45, 7) is 5.03. The Morgan fingerprint density at radius 1 is 1.11 bits per heavy atom. The van der Waals surface area contributed by atoms with Crippen LogP contribution < -0.4 is 5.32 Å². The van der Waals surface area contributed by atoms with Crippen molar-refractivity contribution in [3.8, 4) is 0 Å². The Labute approximate surface area is 121 Å². The van der Waals surface area contributed by atoms with Crippen LogP contribution in [0.5, 0.6) is 0 Å². The molecule has 0 heterocycles. The second kappa shape index (κ2) is 5.77. The van der Waals surface area contributed by atoms with E-state index < -0.39 is 0 Å². The van der Waals surface area contributed by atoms with Gasteiger partial charge < -0.3 is 5.32 Å². The molecule has 2 rings (SSSR count). The first-order valence-corrected chi connectivity index (χ1v) is 6.98. The highest BCUT2D eigenvalue weighted by molar-refractivity contribution is 9.10. The smallest absolute Gasteiger partial charge is 0.0593 e. The van der Waals surface area contributed by atoms with Crippen LogP contribution in [-0.2, 0) is 6.54 Å². The molecule has 0 unspecified atom stereocenters. The van der Waals surface area contributed by atoms with Crippen molar-refractivity contribution in [2.45, 2.75) is 20.4 Å². The van der Waals surface area contributed by atoms with Crippen molar-refractivity contribution >= 4 is 33.2 Å². The van der Waals surface area contributed by atoms with Crippen LogP contribution in [0.25, 0.3) is 0 Å². The van der Waals surface area contributed by atoms with Gasteiger partial charge in [0.05, 0.1) is 15.2 Å². The fourth-order valence-corrected chi connectivity index (χ4v) is 2.59. The summed E-state index contributed by atoms with van der Waals surface area (Å²) in [4.78, 5) is 0. The molecule has 0 amide bonds. The number of hydrogen-bond donors (Lipinski definition) is 1. The van der Waals surface area contributed by atoms with E-state index in [9.17, 15) is 0 Å². The molecule has 0 bridgehead atoms. The van der Waals surface area contributed by atoms with Gasteiger partial charge in [-0.3, -0.25) is 0 Å². The fraction of sp³-hybridized carbons (Fsp3) is 0.200. The molecule has 0 atom stereocenters. The van der Waals surface area contributed by atoms with Crippen molar-refractivity contribution < 1.29 is 0 Å². The third kappa shape index (κ3) is 3.27. The van der Waals surface area contributed by atoms with Gasteiger partial charge in [0.1, 0.15) is 0 Å². The molecular formula is C15H15BrClN. The van der Waals surface area contributed by atoms with E-state index in [4.69, 9.17) is 11.6 Å². The Bertz CT molecular complexity index is 546. The van der Waals surface area contributed by atoms with Crippen molar-refractivity contribution in [1.82, 2.24) is 0 Å². The Hall–Kier alpha value is -0.990. The van der Waals surface area contributed by atoms with Gasteiger partial charge >= 0.3 is 0 Å². The minimum atomic E-state index is 0.723. The highest BCUT2D eigenvalue weighted by Gasteiger charge is 2.03. The third-order valence-electron chi connectivity index (χ3n) is 2.72. The summed E-state index contributed by atoms with van der Waals surface area (Å²) in [5.74, 6) is 0. The molecule has 2 aromatic rings. The molecule has 1 N–H and O–H groups in total. The van der Waals surface area contributed by atoms with Crippen LogP contribution in [0.3, 0.4) is 0 Å². The van der Waals surface area contributed by atoms with Crippen molar-refractivity contribution in [2.24, 2.45) is 0 Å². The van der Waals surface area contributed by atoms with Crippen molar-refractivity contribution in [1.29, 1.82) is 0 Å². The quantitative estimate of drug-likeness (QED) is 0.804. The molecule has 0 radical (unpaired) electrons. The van der Waals surface area contributed by atoms with E-state index in [0.29, 0.717) is 0 Å². The molecule has 0 aliphatic heterocycles. The van der Waals surface area contributed by atoms with E-state index in [1.54, 1.807) is 0 Å². The molecule has 0 aliphatic carbocycles. The van der Waals surface area contributed by atoms with Gasteiger partial charge in [-0.05, 0) is 47.5 Å². The van der Waals surface area contributed by atoms with E-state index in [0.717, 1.165) is 21.7 Å². The Morgan fingerprint density at radius 3 is 2.44 bits per heavy atom. The number of anilines is 1. The van der Waals surface area contributed by atoms with Gasteiger partial charge in [-0.1, -0.05) is 47.0 Å². The predicted molar refractivity (Wildman–Crippen MR) is 82.4 cm³/mol. The molecule has 2 aromatic carbocycles. The van der Waals surface area contributed by atoms with E-state index in [1.807, 2.05) is 18.2 Å². The first-order chi connectivity index (χ1) is 8.56. The van der Waals surface area contributed by atoms with E-state index >= 15 is 0 Å². The van der Waals surface area contributed by atoms with Gasteiger partial charge in [0.2, 0.25) is 0 Å². The maximum Gasteiger partial charge on any atom is 0.0593 e. The molecule has 0 spiro atoms. The van der Waals surface area contributed by atoms with Gasteiger partial charge in [-0.15, -0.1) is 0 Å². The maximum atomic E-state index is 6.06. The molecule has 94 valence electrons. The monoisotopic (exact) mass is 323 g/mol. The zero-order chi connectivity index (χ0) is 13.1. The molecule has 0 fully saturated rings. The normalized spacial score (nSPS) is 10.4. The highest BCUT2D eigenvalue weighted by Crippen LogP contribution is 2.30. The summed E-state index contributed by atoms with van der Waals surface area (Å²) >= 11 is 9.55. The van der Waals surface area contributed by atoms with Crippen LogP contribution in [0, 0.1) is 13.8 Å². The summed E-state index contributed by atoms with van der Waals surface area (Å²) in [6, 6.07) is 12.4. The van der Waals surface area contributed by atoms with Crippen LogP contribution in [0.1, 0.15) is 16.7 Å². The number of aryl methyl sites for hydroxylation is 2. The third-order valence-corrected chi connectivity index (χ3v) is 4.11. The first kappa shape index (κ1) is 13.4. The Balaban J connectivity index is 2.14. The molecular weight excluding hydrogens is 310 g/mol. The van der Waals surface area contributed by atoms with E-state index in [-0.39, 0.29) is 0 Å². The van der Waals surface area contributed by atoms with Crippen LogP contribution >= 0.6 is 27.5 Å². The summed E-state index contributed by atoms with van der Waals surface area (Å²) in [7, 11) is 0. The average Bonchev–Trinajstić information content (AvgIpc) is 2.30. The largest absolute Gasteiger partial charge is 0.380 e. The second-order valence-electron chi connectivity index (χ2n) is 4.45. The molecule has 0 aliphatic rings. The fourth-order valence-electron chi connectivity index (χ4n) is 2.01. The van der Waals surface area contributed by atoms with E-state index in [2.05, 4.69) is 53.3 Å². The number of rotatable bonds is 3. The lowest BCUT2D eigenvalue weighted by atomic mass is 10.1. The predicted octanol–water partition coefficient (Wildman–Crippen LogP) is 5.33.